The smallest absolute Gasteiger partial charge is 0.269 e. The molecule has 0 spiro atoms. The molecule has 0 unspecified atom stereocenters. The van der Waals surface area contributed by atoms with Gasteiger partial charge in [0.15, 0.2) is 5.69 Å². The lowest BCUT2D eigenvalue weighted by molar-refractivity contribution is 0.514. The molecular weight excluding hydrogens is 341 g/mol. The van der Waals surface area contributed by atoms with Crippen LogP contribution in [0, 0.1) is 10.3 Å². The number of aryl methyl sites for hydroxylation is 1. The van der Waals surface area contributed by atoms with E-state index in [2.05, 4.69) is 20.3 Å². The predicted octanol–water partition coefficient (Wildman–Crippen LogP) is 3.48. The highest BCUT2D eigenvalue weighted by Gasteiger charge is 2.16. The number of hydrogen-bond acceptors (Lipinski definition) is 6. The summed E-state index contributed by atoms with van der Waals surface area (Å²) in [4.78, 5) is 4.32. The second kappa shape index (κ2) is 6.14. The molecule has 4 aromatic rings. The maximum Gasteiger partial charge on any atom is 0.269 e. The molecule has 0 saturated carbocycles. The lowest BCUT2D eigenvalue weighted by Crippen LogP contribution is -2.03. The van der Waals surface area contributed by atoms with Gasteiger partial charge in [-0.15, -0.1) is 10.2 Å². The second-order valence-corrected chi connectivity index (χ2v) is 5.88. The van der Waals surface area contributed by atoms with Gasteiger partial charge in [-0.25, -0.2) is 4.39 Å². The van der Waals surface area contributed by atoms with Crippen LogP contribution >= 0.6 is 12.2 Å². The van der Waals surface area contributed by atoms with E-state index in [1.54, 1.807) is 30.1 Å². The number of hydrogen-bond donors (Lipinski definition) is 0. The fourth-order valence-electron chi connectivity index (χ4n) is 2.53. The molecule has 8 heteroatoms. The molecule has 124 valence electrons. The van der Waals surface area contributed by atoms with Crippen molar-refractivity contribution in [1.82, 2.24) is 25.0 Å². The summed E-state index contributed by atoms with van der Waals surface area (Å²) >= 11 is 5.48. The molecule has 0 fully saturated rings. The zero-order valence-corrected chi connectivity index (χ0v) is 14.0. The van der Waals surface area contributed by atoms with Crippen molar-refractivity contribution in [2.75, 3.05) is 0 Å². The Morgan fingerprint density at radius 2 is 1.96 bits per heavy atom. The first-order valence-corrected chi connectivity index (χ1v) is 7.92. The average Bonchev–Trinajstić information content (AvgIpc) is 3.08. The van der Waals surface area contributed by atoms with Gasteiger partial charge in [-0.2, -0.15) is 5.10 Å². The summed E-state index contributed by atoms with van der Waals surface area (Å²) < 4.78 is 20.8. The Labute approximate surface area is 147 Å². The Balaban J connectivity index is 1.73. The van der Waals surface area contributed by atoms with Gasteiger partial charge in [0.25, 0.3) is 5.89 Å². The lowest BCUT2D eigenvalue weighted by atomic mass is 10.1. The zero-order valence-electron chi connectivity index (χ0n) is 13.2. The van der Waals surface area contributed by atoms with E-state index >= 15 is 0 Å². The van der Waals surface area contributed by atoms with E-state index in [9.17, 15) is 4.39 Å². The highest BCUT2D eigenvalue weighted by Crippen LogP contribution is 2.22. The molecule has 0 atom stereocenters. The molecule has 0 saturated heterocycles. The van der Waals surface area contributed by atoms with Crippen LogP contribution in [0.4, 0.5) is 4.39 Å². The van der Waals surface area contributed by atoms with E-state index in [-0.39, 0.29) is 11.7 Å². The number of aromatic nitrogens is 5. The van der Waals surface area contributed by atoms with Gasteiger partial charge in [0.05, 0.1) is 16.4 Å². The minimum Gasteiger partial charge on any atom is -0.419 e. The van der Waals surface area contributed by atoms with Crippen molar-refractivity contribution in [1.29, 1.82) is 0 Å². The van der Waals surface area contributed by atoms with Crippen LogP contribution in [-0.4, -0.2) is 25.0 Å². The van der Waals surface area contributed by atoms with Gasteiger partial charge < -0.3 is 4.42 Å². The minimum atomic E-state index is -0.286. The van der Waals surface area contributed by atoms with Crippen LogP contribution in [0.1, 0.15) is 11.5 Å². The number of halogens is 1. The third kappa shape index (κ3) is 2.91. The summed E-state index contributed by atoms with van der Waals surface area (Å²) in [5.74, 6) is 0.359. The molecule has 3 aromatic heterocycles. The fourth-order valence-corrected chi connectivity index (χ4v) is 2.82. The molecule has 0 radical (unpaired) electrons. The highest BCUT2D eigenvalue weighted by atomic mass is 32.1. The first-order chi connectivity index (χ1) is 12.1. The van der Waals surface area contributed by atoms with Gasteiger partial charge >= 0.3 is 0 Å². The van der Waals surface area contributed by atoms with E-state index in [1.807, 2.05) is 12.1 Å². The monoisotopic (exact) mass is 353 g/mol. The summed E-state index contributed by atoms with van der Waals surface area (Å²) in [5.41, 5.74) is 2.76. The Bertz CT molecular complexity index is 1120. The number of nitrogens with zero attached hydrogens (tertiary/aromatic N) is 5. The zero-order chi connectivity index (χ0) is 17.4. The number of pyridine rings is 1. The Hall–Kier alpha value is -3.00. The van der Waals surface area contributed by atoms with Crippen LogP contribution in [0.2, 0.25) is 0 Å². The predicted molar refractivity (Wildman–Crippen MR) is 91.8 cm³/mol. The molecule has 0 amide bonds. The van der Waals surface area contributed by atoms with Gasteiger partial charge in [0.2, 0.25) is 5.89 Å². The Kier molecular flexibility index (Phi) is 3.81. The molecule has 1 aromatic carbocycles. The topological polar surface area (TPSA) is 69.6 Å². The first kappa shape index (κ1) is 15.5. The van der Waals surface area contributed by atoms with Crippen LogP contribution in [-0.2, 0) is 13.5 Å². The van der Waals surface area contributed by atoms with Crippen molar-refractivity contribution >= 4 is 23.3 Å². The maximum absolute atomic E-state index is 13.0. The number of benzene rings is 1. The van der Waals surface area contributed by atoms with Crippen LogP contribution in [0.3, 0.4) is 0 Å². The molecule has 6 nitrogen and oxygen atoms in total. The minimum absolute atomic E-state index is 0.241. The molecule has 0 bridgehead atoms. The van der Waals surface area contributed by atoms with Crippen molar-refractivity contribution in [2.45, 2.75) is 6.42 Å². The van der Waals surface area contributed by atoms with Crippen LogP contribution in [0.25, 0.3) is 22.6 Å². The van der Waals surface area contributed by atoms with E-state index in [0.29, 0.717) is 28.0 Å². The van der Waals surface area contributed by atoms with Crippen molar-refractivity contribution in [3.8, 4) is 11.6 Å². The van der Waals surface area contributed by atoms with Gasteiger partial charge in [0, 0.05) is 13.2 Å². The van der Waals surface area contributed by atoms with Gasteiger partial charge in [-0.3, -0.25) is 9.67 Å². The number of fused-ring (bicyclic) bond motifs is 1. The quantitative estimate of drug-likeness (QED) is 0.525. The molecule has 0 N–H and O–H groups in total. The highest BCUT2D eigenvalue weighted by molar-refractivity contribution is 7.71. The molecule has 3 heterocycles. The van der Waals surface area contributed by atoms with Crippen LogP contribution in [0.5, 0.6) is 0 Å². The summed E-state index contributed by atoms with van der Waals surface area (Å²) in [7, 11) is 1.80. The van der Waals surface area contributed by atoms with Crippen LogP contribution in [0.15, 0.2) is 47.0 Å². The molecular formula is C17H12FN5OS. The molecule has 0 aliphatic carbocycles. The SMILES string of the molecule is Cn1nc(-c2nnc(Cc3ccc(F)cc3)o2)c(=S)c2ncccc21. The standard InChI is InChI=1S/C17H12FN5OS/c1-23-12-3-2-8-19-14(12)16(25)15(22-23)17-21-20-13(24-17)9-10-4-6-11(18)7-5-10/h2-8H,9H2,1H3. The molecule has 25 heavy (non-hydrogen) atoms. The molecule has 0 aliphatic rings. The lowest BCUT2D eigenvalue weighted by Gasteiger charge is -2.05. The molecule has 4 rings (SSSR count). The third-order valence-electron chi connectivity index (χ3n) is 3.75. The maximum atomic E-state index is 13.0. The third-order valence-corrected chi connectivity index (χ3v) is 4.14. The van der Waals surface area contributed by atoms with E-state index in [1.165, 1.54) is 12.1 Å². The first-order valence-electron chi connectivity index (χ1n) is 7.51. The summed E-state index contributed by atoms with van der Waals surface area (Å²) in [6.07, 6.45) is 2.08. The summed E-state index contributed by atoms with van der Waals surface area (Å²) in [6.45, 7) is 0. The van der Waals surface area contributed by atoms with Gasteiger partial charge in [-0.05, 0) is 29.8 Å². The van der Waals surface area contributed by atoms with Crippen molar-refractivity contribution in [3.63, 3.8) is 0 Å². The summed E-state index contributed by atoms with van der Waals surface area (Å²) in [5, 5.41) is 12.5. The van der Waals surface area contributed by atoms with E-state index in [4.69, 9.17) is 16.6 Å². The van der Waals surface area contributed by atoms with Gasteiger partial charge in [-0.1, -0.05) is 24.4 Å². The van der Waals surface area contributed by atoms with Gasteiger partial charge in [0.1, 0.15) is 11.3 Å². The molecule has 0 aliphatic heterocycles. The average molecular weight is 353 g/mol. The van der Waals surface area contributed by atoms with Crippen molar-refractivity contribution in [2.24, 2.45) is 7.05 Å². The number of rotatable bonds is 3. The Morgan fingerprint density at radius 3 is 2.76 bits per heavy atom. The summed E-state index contributed by atoms with van der Waals surface area (Å²) in [6, 6.07) is 9.86. The van der Waals surface area contributed by atoms with E-state index < -0.39 is 0 Å². The Morgan fingerprint density at radius 1 is 1.16 bits per heavy atom. The van der Waals surface area contributed by atoms with E-state index in [0.717, 1.165) is 11.1 Å². The second-order valence-electron chi connectivity index (χ2n) is 5.48. The fraction of sp³-hybridized carbons (Fsp3) is 0.118. The largest absolute Gasteiger partial charge is 0.419 e. The normalized spacial score (nSPS) is 11.1. The van der Waals surface area contributed by atoms with Crippen molar-refractivity contribution < 1.29 is 8.81 Å². The van der Waals surface area contributed by atoms with Crippen molar-refractivity contribution in [3.05, 3.63) is 64.4 Å². The van der Waals surface area contributed by atoms with Crippen LogP contribution < -0.4 is 0 Å².